The minimum Gasteiger partial charge on any atom is -0.396 e. The van der Waals surface area contributed by atoms with Gasteiger partial charge >= 0.3 is 0 Å². The molecule has 2 N–H and O–H groups in total. The van der Waals surface area contributed by atoms with Crippen LogP contribution in [-0.2, 0) is 6.54 Å². The van der Waals surface area contributed by atoms with Crippen LogP contribution >= 0.6 is 0 Å². The molecule has 1 aromatic carbocycles. The van der Waals surface area contributed by atoms with Gasteiger partial charge in [0.05, 0.1) is 6.10 Å². The first kappa shape index (κ1) is 11.6. The minimum absolute atomic E-state index is 0.0621. The van der Waals surface area contributed by atoms with Crippen LogP contribution in [0.25, 0.3) is 0 Å². The standard InChI is InChI=1S/C13H19NO2/c15-10-12-6-7-14(9-13(12)16)8-11-4-2-1-3-5-11/h1-5,12-13,15-16H,6-10H2/t12-,13+/m1/s1. The van der Waals surface area contributed by atoms with Gasteiger partial charge in [0.2, 0.25) is 0 Å². The number of likely N-dealkylation sites (tertiary alicyclic amines) is 1. The zero-order valence-corrected chi connectivity index (χ0v) is 9.42. The number of aliphatic hydroxyl groups is 2. The Labute approximate surface area is 96.3 Å². The fourth-order valence-electron chi connectivity index (χ4n) is 2.24. The summed E-state index contributed by atoms with van der Waals surface area (Å²) in [6, 6.07) is 10.3. The molecule has 0 radical (unpaired) electrons. The van der Waals surface area contributed by atoms with E-state index < -0.39 is 0 Å². The molecule has 1 aliphatic heterocycles. The highest BCUT2D eigenvalue weighted by atomic mass is 16.3. The summed E-state index contributed by atoms with van der Waals surface area (Å²) in [4.78, 5) is 2.24. The molecule has 1 aliphatic rings. The number of β-amino-alcohol motifs (C(OH)–C–C–N with tert-alkyl or cyclic N) is 1. The third kappa shape index (κ3) is 2.82. The van der Waals surface area contributed by atoms with Gasteiger partial charge in [-0.05, 0) is 18.5 Å². The highest BCUT2D eigenvalue weighted by Gasteiger charge is 2.26. The normalized spacial score (nSPS) is 26.9. The summed E-state index contributed by atoms with van der Waals surface area (Å²) < 4.78 is 0. The first-order valence-electron chi connectivity index (χ1n) is 5.85. The average molecular weight is 221 g/mol. The lowest BCUT2D eigenvalue weighted by Crippen LogP contribution is -2.44. The third-order valence-corrected chi connectivity index (χ3v) is 3.29. The third-order valence-electron chi connectivity index (χ3n) is 3.29. The molecule has 0 saturated carbocycles. The molecule has 0 amide bonds. The maximum atomic E-state index is 9.82. The number of benzene rings is 1. The van der Waals surface area contributed by atoms with E-state index in [4.69, 9.17) is 5.11 Å². The molecule has 0 unspecified atom stereocenters. The van der Waals surface area contributed by atoms with Crippen molar-refractivity contribution in [2.45, 2.75) is 19.1 Å². The van der Waals surface area contributed by atoms with Crippen LogP contribution < -0.4 is 0 Å². The molecule has 1 fully saturated rings. The van der Waals surface area contributed by atoms with Gasteiger partial charge in [0, 0.05) is 25.6 Å². The van der Waals surface area contributed by atoms with Gasteiger partial charge < -0.3 is 10.2 Å². The molecule has 0 aliphatic carbocycles. The molecule has 88 valence electrons. The van der Waals surface area contributed by atoms with Crippen LogP contribution in [0.3, 0.4) is 0 Å². The fourth-order valence-corrected chi connectivity index (χ4v) is 2.24. The summed E-state index contributed by atoms with van der Waals surface area (Å²) in [5, 5.41) is 18.9. The molecule has 1 aromatic rings. The van der Waals surface area contributed by atoms with Crippen LogP contribution in [0.2, 0.25) is 0 Å². The summed E-state index contributed by atoms with van der Waals surface area (Å²) in [7, 11) is 0. The number of rotatable bonds is 3. The monoisotopic (exact) mass is 221 g/mol. The van der Waals surface area contributed by atoms with Crippen molar-refractivity contribution in [2.75, 3.05) is 19.7 Å². The van der Waals surface area contributed by atoms with Crippen molar-refractivity contribution >= 4 is 0 Å². The molecular formula is C13H19NO2. The molecule has 2 rings (SSSR count). The van der Waals surface area contributed by atoms with Crippen LogP contribution in [0.15, 0.2) is 30.3 Å². The van der Waals surface area contributed by atoms with Gasteiger partial charge in [-0.25, -0.2) is 0 Å². The molecule has 3 heteroatoms. The predicted molar refractivity (Wildman–Crippen MR) is 62.9 cm³/mol. The maximum Gasteiger partial charge on any atom is 0.0717 e. The van der Waals surface area contributed by atoms with Crippen molar-refractivity contribution in [1.82, 2.24) is 4.90 Å². The molecule has 3 nitrogen and oxygen atoms in total. The van der Waals surface area contributed by atoms with Crippen molar-refractivity contribution in [3.8, 4) is 0 Å². The van der Waals surface area contributed by atoms with E-state index in [1.165, 1.54) is 5.56 Å². The van der Waals surface area contributed by atoms with Gasteiger partial charge in [-0.2, -0.15) is 0 Å². The van der Waals surface area contributed by atoms with E-state index in [9.17, 15) is 5.11 Å². The Bertz CT molecular complexity index is 315. The number of hydrogen-bond donors (Lipinski definition) is 2. The van der Waals surface area contributed by atoms with Crippen LogP contribution in [-0.4, -0.2) is 40.9 Å². The second-order valence-corrected chi connectivity index (χ2v) is 4.52. The van der Waals surface area contributed by atoms with Gasteiger partial charge in [-0.15, -0.1) is 0 Å². The Morgan fingerprint density at radius 1 is 1.25 bits per heavy atom. The topological polar surface area (TPSA) is 43.7 Å². The summed E-state index contributed by atoms with van der Waals surface area (Å²) in [5.41, 5.74) is 1.28. The smallest absolute Gasteiger partial charge is 0.0717 e. The number of piperidine rings is 1. The van der Waals surface area contributed by atoms with Crippen LogP contribution in [0.5, 0.6) is 0 Å². The van der Waals surface area contributed by atoms with Crippen molar-refractivity contribution in [1.29, 1.82) is 0 Å². The Balaban J connectivity index is 1.89. The highest BCUT2D eigenvalue weighted by molar-refractivity contribution is 5.14. The van der Waals surface area contributed by atoms with Gasteiger partial charge in [-0.3, -0.25) is 4.90 Å². The quantitative estimate of drug-likeness (QED) is 0.795. The second kappa shape index (κ2) is 5.43. The maximum absolute atomic E-state index is 9.82. The van der Waals surface area contributed by atoms with Crippen LogP contribution in [0.4, 0.5) is 0 Å². The number of hydrogen-bond acceptors (Lipinski definition) is 3. The lowest BCUT2D eigenvalue weighted by molar-refractivity contribution is -0.00443. The number of nitrogens with zero attached hydrogens (tertiary/aromatic N) is 1. The first-order valence-corrected chi connectivity index (χ1v) is 5.85. The van der Waals surface area contributed by atoms with Crippen molar-refractivity contribution in [3.63, 3.8) is 0 Å². The number of aliphatic hydroxyl groups excluding tert-OH is 2. The van der Waals surface area contributed by atoms with Gasteiger partial charge in [0.1, 0.15) is 0 Å². The van der Waals surface area contributed by atoms with Crippen LogP contribution in [0, 0.1) is 5.92 Å². The molecule has 0 bridgehead atoms. The highest BCUT2D eigenvalue weighted by Crippen LogP contribution is 2.18. The Hall–Kier alpha value is -0.900. The summed E-state index contributed by atoms with van der Waals surface area (Å²) in [5.74, 6) is 0.0621. The molecule has 0 aromatic heterocycles. The summed E-state index contributed by atoms with van der Waals surface area (Å²) >= 11 is 0. The Kier molecular flexibility index (Phi) is 3.93. The van der Waals surface area contributed by atoms with E-state index in [-0.39, 0.29) is 18.6 Å². The Morgan fingerprint density at radius 2 is 2.00 bits per heavy atom. The van der Waals surface area contributed by atoms with E-state index in [1.54, 1.807) is 0 Å². The van der Waals surface area contributed by atoms with E-state index in [0.717, 1.165) is 19.5 Å². The van der Waals surface area contributed by atoms with Crippen molar-refractivity contribution in [2.24, 2.45) is 5.92 Å². The molecule has 2 atom stereocenters. The van der Waals surface area contributed by atoms with Crippen LogP contribution in [0.1, 0.15) is 12.0 Å². The average Bonchev–Trinajstić information content (AvgIpc) is 2.31. The first-order chi connectivity index (χ1) is 7.79. The van der Waals surface area contributed by atoms with E-state index in [2.05, 4.69) is 17.0 Å². The van der Waals surface area contributed by atoms with Gasteiger partial charge in [-0.1, -0.05) is 30.3 Å². The largest absolute Gasteiger partial charge is 0.396 e. The lowest BCUT2D eigenvalue weighted by Gasteiger charge is -2.35. The minimum atomic E-state index is -0.387. The van der Waals surface area contributed by atoms with Gasteiger partial charge in [0.15, 0.2) is 0 Å². The van der Waals surface area contributed by atoms with Crippen molar-refractivity contribution in [3.05, 3.63) is 35.9 Å². The molecule has 1 saturated heterocycles. The van der Waals surface area contributed by atoms with E-state index in [0.29, 0.717) is 6.54 Å². The molecule has 1 heterocycles. The van der Waals surface area contributed by atoms with E-state index >= 15 is 0 Å². The Morgan fingerprint density at radius 3 is 2.62 bits per heavy atom. The van der Waals surface area contributed by atoms with Gasteiger partial charge in [0.25, 0.3) is 0 Å². The predicted octanol–water partition coefficient (Wildman–Crippen LogP) is 0.862. The molecular weight excluding hydrogens is 202 g/mol. The van der Waals surface area contributed by atoms with Crippen molar-refractivity contribution < 1.29 is 10.2 Å². The molecule has 0 spiro atoms. The molecule has 16 heavy (non-hydrogen) atoms. The van der Waals surface area contributed by atoms with E-state index in [1.807, 2.05) is 18.2 Å². The summed E-state index contributed by atoms with van der Waals surface area (Å²) in [6.07, 6.45) is 0.493. The second-order valence-electron chi connectivity index (χ2n) is 4.52. The SMILES string of the molecule is OC[C@H]1CCN(Cc2ccccc2)C[C@@H]1O. The zero-order valence-electron chi connectivity index (χ0n) is 9.42. The summed E-state index contributed by atoms with van der Waals surface area (Å²) in [6.45, 7) is 2.60. The fraction of sp³-hybridized carbons (Fsp3) is 0.538. The zero-order chi connectivity index (χ0) is 11.4. The lowest BCUT2D eigenvalue weighted by atomic mass is 9.94.